The fourth-order valence-electron chi connectivity index (χ4n) is 3.11. The highest BCUT2D eigenvalue weighted by molar-refractivity contribution is 5.89. The van der Waals surface area contributed by atoms with Crippen molar-refractivity contribution in [2.24, 2.45) is 0 Å². The van der Waals surface area contributed by atoms with Gasteiger partial charge in [0.2, 0.25) is 0 Å². The minimum Gasteiger partial charge on any atom is -0.490 e. The van der Waals surface area contributed by atoms with Crippen molar-refractivity contribution < 1.29 is 19.4 Å². The number of ether oxygens (including phenoxy) is 2. The highest BCUT2D eigenvalue weighted by atomic mass is 16.5. The number of carbonyl (C=O) groups excluding carboxylic acids is 1. The van der Waals surface area contributed by atoms with Crippen molar-refractivity contribution in [3.05, 3.63) is 24.3 Å². The van der Waals surface area contributed by atoms with Crippen molar-refractivity contribution in [2.75, 3.05) is 31.7 Å². The van der Waals surface area contributed by atoms with Gasteiger partial charge in [-0.05, 0) is 37.8 Å². The Morgan fingerprint density at radius 3 is 3.00 bits per heavy atom. The molecule has 1 unspecified atom stereocenters. The lowest BCUT2D eigenvalue weighted by molar-refractivity contribution is -0.00485. The molecule has 23 heavy (non-hydrogen) atoms. The number of anilines is 1. The van der Waals surface area contributed by atoms with E-state index < -0.39 is 0 Å². The molecule has 1 heterocycles. The highest BCUT2D eigenvalue weighted by Gasteiger charge is 2.26. The zero-order chi connectivity index (χ0) is 16.1. The molecule has 1 aliphatic carbocycles. The molecule has 0 spiro atoms. The SMILES string of the molecule is O=C(Nc1cccc(OC2CCCC2)c1)N1CCOCC1CO. The Balaban J connectivity index is 1.61. The van der Waals surface area contributed by atoms with Crippen LogP contribution in [0.15, 0.2) is 24.3 Å². The molecular weight excluding hydrogens is 296 g/mol. The fourth-order valence-corrected chi connectivity index (χ4v) is 3.11. The van der Waals surface area contributed by atoms with E-state index in [0.29, 0.717) is 31.5 Å². The van der Waals surface area contributed by atoms with E-state index in [1.54, 1.807) is 4.90 Å². The molecule has 6 nitrogen and oxygen atoms in total. The number of aliphatic hydroxyl groups excluding tert-OH is 1. The number of hydrogen-bond donors (Lipinski definition) is 2. The van der Waals surface area contributed by atoms with E-state index >= 15 is 0 Å². The Kier molecular flexibility index (Phi) is 5.35. The van der Waals surface area contributed by atoms with Gasteiger partial charge in [0.05, 0.1) is 32.0 Å². The molecule has 1 aromatic rings. The van der Waals surface area contributed by atoms with Crippen LogP contribution in [0.4, 0.5) is 10.5 Å². The predicted molar refractivity (Wildman–Crippen MR) is 86.7 cm³/mol. The highest BCUT2D eigenvalue weighted by Crippen LogP contribution is 2.26. The van der Waals surface area contributed by atoms with Crippen LogP contribution < -0.4 is 10.1 Å². The Labute approximate surface area is 136 Å². The summed E-state index contributed by atoms with van der Waals surface area (Å²) in [7, 11) is 0. The van der Waals surface area contributed by atoms with Gasteiger partial charge in [-0.3, -0.25) is 0 Å². The molecule has 0 radical (unpaired) electrons. The maximum atomic E-state index is 12.4. The summed E-state index contributed by atoms with van der Waals surface area (Å²) in [6.45, 7) is 1.25. The van der Waals surface area contributed by atoms with E-state index in [4.69, 9.17) is 9.47 Å². The molecule has 6 heteroatoms. The molecular formula is C17H24N2O4. The smallest absolute Gasteiger partial charge is 0.322 e. The quantitative estimate of drug-likeness (QED) is 0.892. The topological polar surface area (TPSA) is 71.0 Å². The van der Waals surface area contributed by atoms with Crippen LogP contribution in [0.2, 0.25) is 0 Å². The summed E-state index contributed by atoms with van der Waals surface area (Å²) < 4.78 is 11.3. The molecule has 2 aliphatic rings. The molecule has 1 saturated heterocycles. The predicted octanol–water partition coefficient (Wildman–Crippen LogP) is 2.23. The monoisotopic (exact) mass is 320 g/mol. The summed E-state index contributed by atoms with van der Waals surface area (Å²) in [4.78, 5) is 14.0. The Bertz CT molecular complexity index is 531. The van der Waals surface area contributed by atoms with Gasteiger partial charge in [-0.15, -0.1) is 0 Å². The molecule has 3 rings (SSSR count). The lowest BCUT2D eigenvalue weighted by Crippen LogP contribution is -2.52. The molecule has 1 atom stereocenters. The maximum Gasteiger partial charge on any atom is 0.322 e. The first-order chi connectivity index (χ1) is 11.3. The Morgan fingerprint density at radius 1 is 1.39 bits per heavy atom. The summed E-state index contributed by atoms with van der Waals surface area (Å²) in [5, 5.41) is 12.2. The van der Waals surface area contributed by atoms with E-state index in [9.17, 15) is 9.90 Å². The number of morpholine rings is 1. The number of aliphatic hydroxyl groups is 1. The molecule has 2 fully saturated rings. The molecule has 126 valence electrons. The number of rotatable bonds is 4. The van der Waals surface area contributed by atoms with Gasteiger partial charge in [0.25, 0.3) is 0 Å². The van der Waals surface area contributed by atoms with Gasteiger partial charge in [-0.2, -0.15) is 0 Å². The largest absolute Gasteiger partial charge is 0.490 e. The third-order valence-electron chi connectivity index (χ3n) is 4.39. The second kappa shape index (κ2) is 7.66. The van der Waals surface area contributed by atoms with Crippen molar-refractivity contribution in [2.45, 2.75) is 37.8 Å². The first-order valence-electron chi connectivity index (χ1n) is 8.29. The van der Waals surface area contributed by atoms with E-state index in [0.717, 1.165) is 18.6 Å². The number of hydrogen-bond acceptors (Lipinski definition) is 4. The standard InChI is InChI=1S/C17H24N2O4/c20-11-14-12-22-9-8-19(14)17(21)18-13-4-3-7-16(10-13)23-15-5-1-2-6-15/h3-4,7,10,14-15,20H,1-2,5-6,8-9,11-12H2,(H,18,21). The lowest BCUT2D eigenvalue weighted by atomic mass is 10.2. The number of carbonyl (C=O) groups is 1. The molecule has 1 aliphatic heterocycles. The molecule has 1 aromatic carbocycles. The van der Waals surface area contributed by atoms with Crippen LogP contribution in [0.25, 0.3) is 0 Å². The van der Waals surface area contributed by atoms with Crippen LogP contribution in [-0.4, -0.2) is 54.5 Å². The lowest BCUT2D eigenvalue weighted by Gasteiger charge is -2.34. The number of nitrogens with one attached hydrogen (secondary N) is 1. The minimum atomic E-state index is -0.290. The van der Waals surface area contributed by atoms with Gasteiger partial charge < -0.3 is 24.8 Å². The van der Waals surface area contributed by atoms with Gasteiger partial charge >= 0.3 is 6.03 Å². The number of benzene rings is 1. The van der Waals surface area contributed by atoms with Crippen LogP contribution in [0, 0.1) is 0 Å². The average Bonchev–Trinajstić information content (AvgIpc) is 3.08. The van der Waals surface area contributed by atoms with Crippen LogP contribution in [-0.2, 0) is 4.74 Å². The van der Waals surface area contributed by atoms with Gasteiger partial charge in [0, 0.05) is 18.3 Å². The van der Waals surface area contributed by atoms with Crippen LogP contribution in [0.3, 0.4) is 0 Å². The molecule has 0 aromatic heterocycles. The van der Waals surface area contributed by atoms with Gasteiger partial charge in [0.15, 0.2) is 0 Å². The third-order valence-corrected chi connectivity index (χ3v) is 4.39. The van der Waals surface area contributed by atoms with E-state index in [2.05, 4.69) is 5.32 Å². The number of urea groups is 1. The summed E-state index contributed by atoms with van der Waals surface area (Å²) in [5.41, 5.74) is 0.702. The van der Waals surface area contributed by atoms with Crippen LogP contribution in [0.5, 0.6) is 5.75 Å². The first kappa shape index (κ1) is 16.1. The first-order valence-corrected chi connectivity index (χ1v) is 8.29. The number of nitrogens with zero attached hydrogens (tertiary/aromatic N) is 1. The summed E-state index contributed by atoms with van der Waals surface area (Å²) in [6.07, 6.45) is 4.94. The van der Waals surface area contributed by atoms with E-state index in [1.807, 2.05) is 24.3 Å². The fraction of sp³-hybridized carbons (Fsp3) is 0.588. The third kappa shape index (κ3) is 4.14. The Morgan fingerprint density at radius 2 is 2.22 bits per heavy atom. The molecule has 0 bridgehead atoms. The normalized spacial score (nSPS) is 22.1. The average molecular weight is 320 g/mol. The zero-order valence-electron chi connectivity index (χ0n) is 13.2. The van der Waals surface area contributed by atoms with E-state index in [1.165, 1.54) is 12.8 Å². The number of amides is 2. The van der Waals surface area contributed by atoms with Crippen molar-refractivity contribution in [1.29, 1.82) is 0 Å². The van der Waals surface area contributed by atoms with Crippen LogP contribution >= 0.6 is 0 Å². The second-order valence-electron chi connectivity index (χ2n) is 6.09. The van der Waals surface area contributed by atoms with Crippen molar-refractivity contribution >= 4 is 11.7 Å². The van der Waals surface area contributed by atoms with Crippen molar-refractivity contribution in [3.63, 3.8) is 0 Å². The van der Waals surface area contributed by atoms with Crippen molar-refractivity contribution in [3.8, 4) is 5.75 Å². The van der Waals surface area contributed by atoms with Gasteiger partial charge in [-0.25, -0.2) is 4.79 Å². The van der Waals surface area contributed by atoms with Gasteiger partial charge in [-0.1, -0.05) is 6.07 Å². The van der Waals surface area contributed by atoms with E-state index in [-0.39, 0.29) is 18.7 Å². The van der Waals surface area contributed by atoms with Crippen molar-refractivity contribution in [1.82, 2.24) is 4.90 Å². The molecule has 2 amide bonds. The van der Waals surface area contributed by atoms with Crippen LogP contribution in [0.1, 0.15) is 25.7 Å². The minimum absolute atomic E-state index is 0.0990. The molecule has 2 N–H and O–H groups in total. The summed E-state index contributed by atoms with van der Waals surface area (Å²) in [5.74, 6) is 0.787. The molecule has 1 saturated carbocycles. The second-order valence-corrected chi connectivity index (χ2v) is 6.09. The summed E-state index contributed by atoms with van der Waals surface area (Å²) in [6, 6.07) is 6.98. The Hall–Kier alpha value is -1.79. The summed E-state index contributed by atoms with van der Waals surface area (Å²) >= 11 is 0. The van der Waals surface area contributed by atoms with Gasteiger partial charge in [0.1, 0.15) is 5.75 Å². The zero-order valence-corrected chi connectivity index (χ0v) is 13.2. The maximum absolute atomic E-state index is 12.4.